The first-order valence-electron chi connectivity index (χ1n) is 9.99. The summed E-state index contributed by atoms with van der Waals surface area (Å²) in [7, 11) is 0. The first-order chi connectivity index (χ1) is 15.1. The summed E-state index contributed by atoms with van der Waals surface area (Å²) in [6, 6.07) is 11.9. The molecule has 1 amide bonds. The summed E-state index contributed by atoms with van der Waals surface area (Å²) in [5.41, 5.74) is 3.75. The Morgan fingerprint density at radius 2 is 1.97 bits per heavy atom. The molecule has 3 aromatic heterocycles. The SMILES string of the molecule is Cc1cnc(NCCc2ccccc2)c(=O)n1CC(=O)NCc1cnc2nc[nH]c2c1.[HH].[HH].[HH]. The number of carbonyl (C=O) groups is 1. The molecule has 3 heterocycles. The molecular weight excluding hydrogens is 394 g/mol. The molecule has 0 aliphatic heterocycles. The number of aryl methyl sites for hydroxylation is 1. The summed E-state index contributed by atoms with van der Waals surface area (Å²) in [6.45, 7) is 2.55. The van der Waals surface area contributed by atoms with Gasteiger partial charge in [-0.05, 0) is 30.5 Å². The molecule has 0 radical (unpaired) electrons. The number of benzene rings is 1. The van der Waals surface area contributed by atoms with Gasteiger partial charge in [0.2, 0.25) is 5.91 Å². The Balaban J connectivity index is 0.00000193. The highest BCUT2D eigenvalue weighted by atomic mass is 16.2. The average Bonchev–Trinajstić information content (AvgIpc) is 3.25. The summed E-state index contributed by atoms with van der Waals surface area (Å²) in [4.78, 5) is 40.7. The van der Waals surface area contributed by atoms with Gasteiger partial charge in [-0.25, -0.2) is 15.0 Å². The van der Waals surface area contributed by atoms with Gasteiger partial charge in [0.05, 0.1) is 11.8 Å². The third kappa shape index (κ3) is 4.95. The van der Waals surface area contributed by atoms with E-state index in [0.717, 1.165) is 17.5 Å². The molecule has 0 atom stereocenters. The standard InChI is InChI=1S/C22H23N7O2.3H2/c1-15-10-25-21(23-8-7-16-5-3-2-4-6-16)22(31)29(15)13-19(30)24-11-17-9-18-20(26-12-17)28-14-27-18;;;/h2-6,9-10,12,14H,7-8,11,13H2,1H3,(H,23,25)(H,24,30)(H,26,27,28);3*1H. The van der Waals surface area contributed by atoms with E-state index in [-0.39, 0.29) is 28.1 Å². The van der Waals surface area contributed by atoms with Gasteiger partial charge in [0.25, 0.3) is 5.56 Å². The van der Waals surface area contributed by atoms with Crippen molar-refractivity contribution in [1.82, 2.24) is 29.8 Å². The summed E-state index contributed by atoms with van der Waals surface area (Å²) < 4.78 is 1.42. The molecule has 0 aliphatic rings. The van der Waals surface area contributed by atoms with Gasteiger partial charge in [-0.2, -0.15) is 0 Å². The van der Waals surface area contributed by atoms with Crippen molar-refractivity contribution in [1.29, 1.82) is 0 Å². The Kier molecular flexibility index (Phi) is 6.02. The maximum atomic E-state index is 12.8. The van der Waals surface area contributed by atoms with E-state index in [2.05, 4.69) is 30.6 Å². The van der Waals surface area contributed by atoms with Gasteiger partial charge in [-0.3, -0.25) is 14.2 Å². The number of hydrogen-bond acceptors (Lipinski definition) is 6. The molecule has 4 aromatic rings. The van der Waals surface area contributed by atoms with E-state index in [0.29, 0.717) is 24.4 Å². The monoisotopic (exact) mass is 423 g/mol. The van der Waals surface area contributed by atoms with Crippen molar-refractivity contribution in [3.63, 3.8) is 0 Å². The number of anilines is 1. The van der Waals surface area contributed by atoms with E-state index in [1.165, 1.54) is 10.1 Å². The number of nitrogens with zero attached hydrogens (tertiary/aromatic N) is 4. The molecule has 164 valence electrons. The second-order valence-corrected chi connectivity index (χ2v) is 7.20. The average molecular weight is 424 g/mol. The van der Waals surface area contributed by atoms with Crippen molar-refractivity contribution >= 4 is 22.9 Å². The number of rotatable bonds is 8. The minimum atomic E-state index is -0.316. The Morgan fingerprint density at radius 1 is 1.13 bits per heavy atom. The highest BCUT2D eigenvalue weighted by Crippen LogP contribution is 2.08. The van der Waals surface area contributed by atoms with Crippen LogP contribution < -0.4 is 16.2 Å². The normalized spacial score (nSPS) is 10.9. The third-order valence-electron chi connectivity index (χ3n) is 4.92. The predicted octanol–water partition coefficient (Wildman–Crippen LogP) is 2.53. The summed E-state index contributed by atoms with van der Waals surface area (Å²) in [5.74, 6) is -0.0282. The first kappa shape index (κ1) is 20.3. The number of imidazole rings is 1. The van der Waals surface area contributed by atoms with Crippen LogP contribution in [0.1, 0.15) is 21.1 Å². The van der Waals surface area contributed by atoms with E-state index in [1.807, 2.05) is 36.4 Å². The molecule has 0 bridgehead atoms. The van der Waals surface area contributed by atoms with Crippen LogP contribution in [0.5, 0.6) is 0 Å². The van der Waals surface area contributed by atoms with E-state index in [9.17, 15) is 9.59 Å². The number of carbonyl (C=O) groups excluding carboxylic acids is 1. The number of nitrogens with one attached hydrogen (secondary N) is 3. The molecule has 0 spiro atoms. The van der Waals surface area contributed by atoms with Crippen LogP contribution in [0.15, 0.2) is 59.9 Å². The van der Waals surface area contributed by atoms with Crippen LogP contribution in [0.3, 0.4) is 0 Å². The zero-order chi connectivity index (χ0) is 21.6. The van der Waals surface area contributed by atoms with Crippen LogP contribution in [0.2, 0.25) is 0 Å². The lowest BCUT2D eigenvalue weighted by Crippen LogP contribution is -2.34. The number of pyridine rings is 1. The Bertz CT molecular complexity index is 1260. The molecule has 0 saturated carbocycles. The molecular formula is C22H29N7O2. The van der Waals surface area contributed by atoms with Crippen molar-refractivity contribution < 1.29 is 9.07 Å². The minimum absolute atomic E-state index is 0. The number of aromatic nitrogens is 5. The van der Waals surface area contributed by atoms with Crippen LogP contribution in [-0.2, 0) is 24.3 Å². The Hall–Kier alpha value is -4.01. The highest BCUT2D eigenvalue weighted by Gasteiger charge is 2.12. The van der Waals surface area contributed by atoms with E-state index in [1.54, 1.807) is 25.6 Å². The number of amides is 1. The lowest BCUT2D eigenvalue weighted by Gasteiger charge is -2.12. The van der Waals surface area contributed by atoms with Crippen molar-refractivity contribution in [2.45, 2.75) is 26.4 Å². The van der Waals surface area contributed by atoms with Crippen molar-refractivity contribution in [3.05, 3.63) is 82.3 Å². The smallest absolute Gasteiger partial charge is 0.293 e. The maximum Gasteiger partial charge on any atom is 0.293 e. The fourth-order valence-corrected chi connectivity index (χ4v) is 3.23. The van der Waals surface area contributed by atoms with Gasteiger partial charge in [0.15, 0.2) is 11.5 Å². The lowest BCUT2D eigenvalue weighted by atomic mass is 10.1. The van der Waals surface area contributed by atoms with Crippen molar-refractivity contribution in [2.24, 2.45) is 0 Å². The van der Waals surface area contributed by atoms with E-state index < -0.39 is 0 Å². The number of aromatic amines is 1. The predicted molar refractivity (Wildman–Crippen MR) is 124 cm³/mol. The minimum Gasteiger partial charge on any atom is -0.365 e. The Morgan fingerprint density at radius 3 is 2.81 bits per heavy atom. The van der Waals surface area contributed by atoms with Crippen molar-refractivity contribution in [2.75, 3.05) is 11.9 Å². The zero-order valence-electron chi connectivity index (χ0n) is 17.1. The van der Waals surface area contributed by atoms with E-state index >= 15 is 0 Å². The molecule has 9 heteroatoms. The highest BCUT2D eigenvalue weighted by molar-refractivity contribution is 5.76. The quantitative estimate of drug-likeness (QED) is 0.401. The molecule has 0 fully saturated rings. The van der Waals surface area contributed by atoms with Gasteiger partial charge in [0, 0.05) is 35.5 Å². The topological polar surface area (TPSA) is 118 Å². The second-order valence-electron chi connectivity index (χ2n) is 7.20. The molecule has 0 saturated heterocycles. The summed E-state index contributed by atoms with van der Waals surface area (Å²) in [6.07, 6.45) is 5.60. The first-order valence-corrected chi connectivity index (χ1v) is 9.99. The summed E-state index contributed by atoms with van der Waals surface area (Å²) in [5, 5.41) is 5.91. The molecule has 3 N–H and O–H groups in total. The van der Waals surface area contributed by atoms with Crippen LogP contribution in [0, 0.1) is 6.92 Å². The van der Waals surface area contributed by atoms with Gasteiger partial charge >= 0.3 is 0 Å². The van der Waals surface area contributed by atoms with Crippen LogP contribution in [0.25, 0.3) is 11.2 Å². The summed E-state index contributed by atoms with van der Waals surface area (Å²) >= 11 is 0. The molecule has 1 aromatic carbocycles. The Labute approximate surface area is 183 Å². The molecule has 31 heavy (non-hydrogen) atoms. The molecule has 4 rings (SSSR count). The largest absolute Gasteiger partial charge is 0.365 e. The fraction of sp³-hybridized carbons (Fsp3) is 0.227. The number of H-pyrrole nitrogens is 1. The van der Waals surface area contributed by atoms with Crippen LogP contribution in [-0.4, -0.2) is 37.0 Å². The van der Waals surface area contributed by atoms with Gasteiger partial charge < -0.3 is 15.6 Å². The fourth-order valence-electron chi connectivity index (χ4n) is 3.23. The third-order valence-corrected chi connectivity index (χ3v) is 4.92. The van der Waals surface area contributed by atoms with Gasteiger partial charge in [0.1, 0.15) is 6.54 Å². The van der Waals surface area contributed by atoms with Crippen LogP contribution >= 0.6 is 0 Å². The van der Waals surface area contributed by atoms with Gasteiger partial charge in [-0.15, -0.1) is 0 Å². The second kappa shape index (κ2) is 9.21. The van der Waals surface area contributed by atoms with E-state index in [4.69, 9.17) is 0 Å². The van der Waals surface area contributed by atoms with Gasteiger partial charge in [-0.1, -0.05) is 30.3 Å². The molecule has 0 unspecified atom stereocenters. The lowest BCUT2D eigenvalue weighted by molar-refractivity contribution is -0.121. The van der Waals surface area contributed by atoms with Crippen molar-refractivity contribution in [3.8, 4) is 0 Å². The molecule has 0 aliphatic carbocycles. The number of fused-ring (bicyclic) bond motifs is 1. The molecule has 9 nitrogen and oxygen atoms in total. The zero-order valence-corrected chi connectivity index (χ0v) is 17.1. The van der Waals surface area contributed by atoms with Crippen LogP contribution in [0.4, 0.5) is 5.82 Å². The maximum absolute atomic E-state index is 12.8. The number of hydrogen-bond donors (Lipinski definition) is 3.